The molecule has 4 aromatic rings. The lowest BCUT2D eigenvalue weighted by Gasteiger charge is -2.23. The van der Waals surface area contributed by atoms with Crippen molar-refractivity contribution in [1.29, 1.82) is 0 Å². The molecule has 0 bridgehead atoms. The van der Waals surface area contributed by atoms with Gasteiger partial charge in [-0.2, -0.15) is 0 Å². The van der Waals surface area contributed by atoms with E-state index in [-0.39, 0.29) is 11.2 Å². The van der Waals surface area contributed by atoms with E-state index in [1.807, 2.05) is 26.0 Å². The highest BCUT2D eigenvalue weighted by atomic mass is 32.1. The number of para-hydroxylation sites is 1. The molecule has 2 aromatic heterocycles. The minimum absolute atomic E-state index is 0.0424. The van der Waals surface area contributed by atoms with Crippen LogP contribution in [0.2, 0.25) is 0 Å². The van der Waals surface area contributed by atoms with Gasteiger partial charge < -0.3 is 13.9 Å². The quantitative estimate of drug-likeness (QED) is 0.422. The molecule has 0 fully saturated rings. The van der Waals surface area contributed by atoms with E-state index in [4.69, 9.17) is 13.9 Å². The van der Waals surface area contributed by atoms with Crippen molar-refractivity contribution in [2.45, 2.75) is 19.9 Å². The van der Waals surface area contributed by atoms with Gasteiger partial charge in [-0.05, 0) is 43.7 Å². The van der Waals surface area contributed by atoms with Gasteiger partial charge in [0.05, 0.1) is 30.2 Å². The molecule has 1 aliphatic rings. The first-order valence-corrected chi connectivity index (χ1v) is 11.2. The number of anilines is 1. The van der Waals surface area contributed by atoms with E-state index >= 15 is 0 Å². The number of nitrogens with zero attached hydrogens (tertiary/aromatic N) is 2. The molecule has 0 radical (unpaired) electrons. The second kappa shape index (κ2) is 8.12. The third-order valence-corrected chi connectivity index (χ3v) is 6.06. The molecule has 0 spiro atoms. The van der Waals surface area contributed by atoms with Crippen LogP contribution in [0.25, 0.3) is 11.0 Å². The van der Waals surface area contributed by atoms with Gasteiger partial charge in [-0.3, -0.25) is 14.5 Å². The fourth-order valence-corrected chi connectivity index (χ4v) is 4.67. The molecule has 2 aromatic carbocycles. The summed E-state index contributed by atoms with van der Waals surface area (Å²) in [5, 5.41) is 2.71. The lowest BCUT2D eigenvalue weighted by Crippen LogP contribution is -2.29. The maximum absolute atomic E-state index is 13.5. The van der Waals surface area contributed by atoms with Crippen molar-refractivity contribution in [3.8, 4) is 11.5 Å². The summed E-state index contributed by atoms with van der Waals surface area (Å²) in [4.78, 5) is 32.8. The highest BCUT2D eigenvalue weighted by Gasteiger charge is 2.45. The lowest BCUT2D eigenvalue weighted by molar-refractivity contribution is 0.0971. The van der Waals surface area contributed by atoms with Gasteiger partial charge in [0.25, 0.3) is 5.91 Å². The van der Waals surface area contributed by atoms with Crippen molar-refractivity contribution in [2.24, 2.45) is 0 Å². The summed E-state index contributed by atoms with van der Waals surface area (Å²) in [6.45, 7) is 4.73. The summed E-state index contributed by atoms with van der Waals surface area (Å²) in [6, 6.07) is 11.7. The van der Waals surface area contributed by atoms with Crippen LogP contribution < -0.4 is 19.8 Å². The van der Waals surface area contributed by atoms with E-state index in [9.17, 15) is 9.59 Å². The Bertz CT molecular complexity index is 1360. The first-order chi connectivity index (χ1) is 15.6. The van der Waals surface area contributed by atoms with Crippen LogP contribution in [0.4, 0.5) is 5.13 Å². The molecule has 0 saturated carbocycles. The number of rotatable bonds is 6. The molecule has 0 aliphatic carbocycles. The van der Waals surface area contributed by atoms with Crippen molar-refractivity contribution in [3.63, 3.8) is 0 Å². The highest BCUT2D eigenvalue weighted by Crippen LogP contribution is 2.43. The molecular weight excluding hydrogens is 428 g/mol. The molecule has 1 amide bonds. The minimum atomic E-state index is -0.695. The van der Waals surface area contributed by atoms with Crippen molar-refractivity contribution in [2.75, 3.05) is 18.1 Å². The van der Waals surface area contributed by atoms with E-state index in [0.717, 1.165) is 0 Å². The van der Waals surface area contributed by atoms with Crippen LogP contribution >= 0.6 is 11.3 Å². The summed E-state index contributed by atoms with van der Waals surface area (Å²) >= 11 is 1.32. The molecule has 1 unspecified atom stereocenters. The van der Waals surface area contributed by atoms with E-state index in [2.05, 4.69) is 4.98 Å². The second-order valence-corrected chi connectivity index (χ2v) is 8.01. The Morgan fingerprint density at radius 3 is 2.59 bits per heavy atom. The molecule has 8 heteroatoms. The van der Waals surface area contributed by atoms with E-state index < -0.39 is 11.9 Å². The van der Waals surface area contributed by atoms with Gasteiger partial charge in [-0.1, -0.05) is 18.2 Å². The molecule has 7 nitrogen and oxygen atoms in total. The van der Waals surface area contributed by atoms with Crippen LogP contribution in [0.15, 0.2) is 63.3 Å². The smallest absolute Gasteiger partial charge is 0.297 e. The van der Waals surface area contributed by atoms with Gasteiger partial charge in [0, 0.05) is 11.6 Å². The first kappa shape index (κ1) is 20.3. The predicted molar refractivity (Wildman–Crippen MR) is 122 cm³/mol. The zero-order valence-electron chi connectivity index (χ0n) is 17.5. The van der Waals surface area contributed by atoms with Crippen molar-refractivity contribution in [1.82, 2.24) is 4.98 Å². The van der Waals surface area contributed by atoms with Crippen LogP contribution in [0.5, 0.6) is 11.5 Å². The van der Waals surface area contributed by atoms with Gasteiger partial charge in [0.2, 0.25) is 5.76 Å². The Hall–Kier alpha value is -3.65. The van der Waals surface area contributed by atoms with Crippen LogP contribution in [0.1, 0.15) is 41.6 Å². The minimum Gasteiger partial charge on any atom is -0.490 e. The molecular formula is C24H20N2O5S. The number of aromatic nitrogens is 1. The molecule has 5 rings (SSSR count). The standard InChI is InChI=1S/C24H20N2O5S/c1-3-29-17-10-9-14(13-18(17)30-4-2)20-19-21(27)15-7-5-6-8-16(15)31-22(19)23(28)26(20)24-25-11-12-32-24/h5-13,20H,3-4H2,1-2H3. The van der Waals surface area contributed by atoms with Gasteiger partial charge in [0.1, 0.15) is 5.58 Å². The summed E-state index contributed by atoms with van der Waals surface area (Å²) < 4.78 is 17.4. The molecule has 1 aliphatic heterocycles. The number of ether oxygens (including phenoxy) is 2. The monoisotopic (exact) mass is 448 g/mol. The number of carbonyl (C=O) groups is 1. The van der Waals surface area contributed by atoms with Crippen LogP contribution in [-0.2, 0) is 0 Å². The van der Waals surface area contributed by atoms with Crippen molar-refractivity contribution >= 4 is 33.3 Å². The number of hydrogen-bond acceptors (Lipinski definition) is 7. The summed E-state index contributed by atoms with van der Waals surface area (Å²) in [5.41, 5.74) is 1.16. The van der Waals surface area contributed by atoms with Crippen molar-refractivity contribution < 1.29 is 18.7 Å². The predicted octanol–water partition coefficient (Wildman–Crippen LogP) is 4.80. The molecule has 32 heavy (non-hydrogen) atoms. The average molecular weight is 449 g/mol. The van der Waals surface area contributed by atoms with Crippen LogP contribution in [0.3, 0.4) is 0 Å². The SMILES string of the molecule is CCOc1ccc(C2c3c(oc4ccccc4c3=O)C(=O)N2c2nccs2)cc1OCC. The number of amides is 1. The van der Waals surface area contributed by atoms with Crippen LogP contribution in [0, 0.1) is 0 Å². The Morgan fingerprint density at radius 1 is 1.06 bits per heavy atom. The average Bonchev–Trinajstić information content (AvgIpc) is 3.42. The zero-order valence-corrected chi connectivity index (χ0v) is 18.3. The molecule has 0 saturated heterocycles. The van der Waals surface area contributed by atoms with Crippen LogP contribution in [-0.4, -0.2) is 24.1 Å². The zero-order chi connectivity index (χ0) is 22.2. The fraction of sp³-hybridized carbons (Fsp3) is 0.208. The summed E-state index contributed by atoms with van der Waals surface area (Å²) in [6.07, 6.45) is 1.63. The Kier molecular flexibility index (Phi) is 5.14. The molecule has 0 N–H and O–H groups in total. The third-order valence-electron chi connectivity index (χ3n) is 5.29. The van der Waals surface area contributed by atoms with E-state index in [0.29, 0.717) is 51.9 Å². The topological polar surface area (TPSA) is 81.9 Å². The van der Waals surface area contributed by atoms with E-state index in [1.54, 1.807) is 41.9 Å². The first-order valence-electron chi connectivity index (χ1n) is 10.3. The molecule has 3 heterocycles. The van der Waals surface area contributed by atoms with Gasteiger partial charge >= 0.3 is 0 Å². The normalized spacial score (nSPS) is 15.2. The van der Waals surface area contributed by atoms with Gasteiger partial charge in [0.15, 0.2) is 22.1 Å². The van der Waals surface area contributed by atoms with Gasteiger partial charge in [-0.15, -0.1) is 11.3 Å². The number of carbonyl (C=O) groups excluding carboxylic acids is 1. The van der Waals surface area contributed by atoms with E-state index in [1.165, 1.54) is 16.2 Å². The number of thiazole rings is 1. The number of hydrogen-bond donors (Lipinski definition) is 0. The fourth-order valence-electron chi connectivity index (χ4n) is 4.01. The third kappa shape index (κ3) is 3.15. The largest absolute Gasteiger partial charge is 0.490 e. The maximum Gasteiger partial charge on any atom is 0.297 e. The summed E-state index contributed by atoms with van der Waals surface area (Å²) in [5.74, 6) is 0.807. The van der Waals surface area contributed by atoms with Gasteiger partial charge in [-0.25, -0.2) is 4.98 Å². The molecule has 1 atom stereocenters. The van der Waals surface area contributed by atoms with Crippen molar-refractivity contribution in [3.05, 3.63) is 81.2 Å². The highest BCUT2D eigenvalue weighted by molar-refractivity contribution is 7.13. The Labute approximate surface area is 187 Å². The number of benzene rings is 2. The second-order valence-electron chi connectivity index (χ2n) is 7.13. The Morgan fingerprint density at radius 2 is 1.84 bits per heavy atom. The molecule has 162 valence electrons. The maximum atomic E-state index is 13.5. The summed E-state index contributed by atoms with van der Waals surface area (Å²) in [7, 11) is 0. The Balaban J connectivity index is 1.76. The number of fused-ring (bicyclic) bond motifs is 2. The lowest BCUT2D eigenvalue weighted by atomic mass is 9.98.